The Bertz CT molecular complexity index is 770. The molecular weight excluding hydrogens is 346 g/mol. The number of anilines is 2. The van der Waals surface area contributed by atoms with Crippen LogP contribution in [0.3, 0.4) is 0 Å². The van der Waals surface area contributed by atoms with Gasteiger partial charge in [-0.2, -0.15) is 4.98 Å². The molecule has 0 saturated carbocycles. The normalized spacial score (nSPS) is 14.5. The van der Waals surface area contributed by atoms with E-state index in [1.165, 1.54) is 4.90 Å². The molecule has 0 radical (unpaired) electrons. The fourth-order valence-electron chi connectivity index (χ4n) is 2.93. The molecule has 2 heterocycles. The van der Waals surface area contributed by atoms with Crippen molar-refractivity contribution in [3.05, 3.63) is 41.6 Å². The first-order valence-electron chi connectivity index (χ1n) is 8.69. The minimum Gasteiger partial charge on any atom is -0.363 e. The summed E-state index contributed by atoms with van der Waals surface area (Å²) in [6, 6.07) is 9.79. The fourth-order valence-corrected chi connectivity index (χ4v) is 3.34. The molecule has 1 aromatic carbocycles. The van der Waals surface area contributed by atoms with E-state index in [1.807, 2.05) is 67.4 Å². The molecule has 3 rings (SSSR count). The predicted molar refractivity (Wildman–Crippen MR) is 107 cm³/mol. The van der Waals surface area contributed by atoms with Crippen molar-refractivity contribution in [2.75, 3.05) is 56.3 Å². The van der Waals surface area contributed by atoms with Gasteiger partial charge in [0, 0.05) is 62.5 Å². The van der Waals surface area contributed by atoms with Crippen molar-refractivity contribution in [1.29, 1.82) is 0 Å². The molecule has 7 heteroatoms. The average Bonchev–Trinajstić information content (AvgIpc) is 2.67. The van der Waals surface area contributed by atoms with Gasteiger partial charge in [0.05, 0.1) is 0 Å². The number of hydrogen-bond donors (Lipinski definition) is 0. The van der Waals surface area contributed by atoms with Crippen molar-refractivity contribution in [3.8, 4) is 0 Å². The van der Waals surface area contributed by atoms with E-state index < -0.39 is 0 Å². The van der Waals surface area contributed by atoms with Crippen molar-refractivity contribution in [1.82, 2.24) is 14.9 Å². The van der Waals surface area contributed by atoms with Crippen LogP contribution in [0.25, 0.3) is 0 Å². The van der Waals surface area contributed by atoms with Gasteiger partial charge in [-0.25, -0.2) is 4.98 Å². The molecule has 0 spiro atoms. The zero-order chi connectivity index (χ0) is 18.7. The van der Waals surface area contributed by atoms with Gasteiger partial charge >= 0.3 is 0 Å². The van der Waals surface area contributed by atoms with Crippen LogP contribution >= 0.6 is 11.8 Å². The lowest BCUT2D eigenvalue weighted by atomic mass is 10.2. The zero-order valence-corrected chi connectivity index (χ0v) is 16.6. The average molecular weight is 372 g/mol. The van der Waals surface area contributed by atoms with Crippen LogP contribution in [0.1, 0.15) is 16.1 Å². The highest BCUT2D eigenvalue weighted by Crippen LogP contribution is 2.19. The molecule has 1 aliphatic rings. The first-order chi connectivity index (χ1) is 12.5. The van der Waals surface area contributed by atoms with Crippen molar-refractivity contribution in [2.24, 2.45) is 0 Å². The number of amides is 1. The van der Waals surface area contributed by atoms with Crippen LogP contribution in [0, 0.1) is 6.92 Å². The Balaban J connectivity index is 1.66. The smallest absolute Gasteiger partial charge is 0.253 e. The fraction of sp³-hybridized carbons (Fsp3) is 0.421. The molecule has 1 saturated heterocycles. The van der Waals surface area contributed by atoms with Crippen LogP contribution in [0.5, 0.6) is 0 Å². The summed E-state index contributed by atoms with van der Waals surface area (Å²) < 4.78 is 0. The van der Waals surface area contributed by atoms with E-state index in [-0.39, 0.29) is 5.91 Å². The SMILES string of the molecule is CSc1ccc(C(=O)N2CCN(c3nc(C)cc(N(C)C)n3)CC2)cc1. The molecule has 26 heavy (non-hydrogen) atoms. The van der Waals surface area contributed by atoms with Crippen LogP contribution < -0.4 is 9.80 Å². The van der Waals surface area contributed by atoms with E-state index in [9.17, 15) is 4.79 Å². The summed E-state index contributed by atoms with van der Waals surface area (Å²) in [7, 11) is 3.95. The highest BCUT2D eigenvalue weighted by molar-refractivity contribution is 7.98. The number of aryl methyl sites for hydroxylation is 1. The second-order valence-corrected chi connectivity index (χ2v) is 7.45. The molecule has 1 amide bonds. The number of carbonyl (C=O) groups is 1. The van der Waals surface area contributed by atoms with Crippen molar-refractivity contribution in [3.63, 3.8) is 0 Å². The highest BCUT2D eigenvalue weighted by Gasteiger charge is 2.24. The summed E-state index contributed by atoms with van der Waals surface area (Å²) in [5.41, 5.74) is 1.70. The Morgan fingerprint density at radius 1 is 1.08 bits per heavy atom. The van der Waals surface area contributed by atoms with Crippen molar-refractivity contribution < 1.29 is 4.79 Å². The van der Waals surface area contributed by atoms with Gasteiger partial charge in [-0.1, -0.05) is 0 Å². The molecule has 0 bridgehead atoms. The summed E-state index contributed by atoms with van der Waals surface area (Å²) in [6.45, 7) is 4.82. The number of carbonyl (C=O) groups excluding carboxylic acids is 1. The molecule has 0 aliphatic carbocycles. The third kappa shape index (κ3) is 4.09. The summed E-state index contributed by atoms with van der Waals surface area (Å²) in [5, 5.41) is 0. The zero-order valence-electron chi connectivity index (χ0n) is 15.8. The molecule has 6 nitrogen and oxygen atoms in total. The maximum Gasteiger partial charge on any atom is 0.253 e. The topological polar surface area (TPSA) is 52.6 Å². The minimum atomic E-state index is 0.0939. The van der Waals surface area contributed by atoms with E-state index in [2.05, 4.69) is 14.9 Å². The third-order valence-corrected chi connectivity index (χ3v) is 5.22. The summed E-state index contributed by atoms with van der Waals surface area (Å²) in [4.78, 5) is 29.1. The van der Waals surface area contributed by atoms with Gasteiger partial charge in [0.15, 0.2) is 0 Å². The molecular formula is C19H25N5OS. The Hall–Kier alpha value is -2.28. The molecule has 0 atom stereocenters. The lowest BCUT2D eigenvalue weighted by molar-refractivity contribution is 0.0746. The van der Waals surface area contributed by atoms with Crippen molar-refractivity contribution in [2.45, 2.75) is 11.8 Å². The Kier molecular flexibility index (Phi) is 5.66. The van der Waals surface area contributed by atoms with Crippen LogP contribution in [0.15, 0.2) is 35.2 Å². The molecule has 0 unspecified atom stereocenters. The van der Waals surface area contributed by atoms with Gasteiger partial charge in [0.1, 0.15) is 5.82 Å². The Labute approximate surface area is 159 Å². The van der Waals surface area contributed by atoms with Gasteiger partial charge in [-0.3, -0.25) is 4.79 Å². The minimum absolute atomic E-state index is 0.0939. The van der Waals surface area contributed by atoms with Gasteiger partial charge in [-0.05, 0) is 37.4 Å². The van der Waals surface area contributed by atoms with E-state index in [4.69, 9.17) is 0 Å². The number of aromatic nitrogens is 2. The number of benzene rings is 1. The number of rotatable bonds is 4. The van der Waals surface area contributed by atoms with E-state index in [0.717, 1.165) is 36.1 Å². The second-order valence-electron chi connectivity index (χ2n) is 6.57. The number of hydrogen-bond acceptors (Lipinski definition) is 6. The van der Waals surface area contributed by atoms with Crippen molar-refractivity contribution >= 4 is 29.4 Å². The molecule has 1 aromatic heterocycles. The largest absolute Gasteiger partial charge is 0.363 e. The molecule has 0 N–H and O–H groups in total. The van der Waals surface area contributed by atoms with Gasteiger partial charge in [0.2, 0.25) is 5.95 Å². The maximum atomic E-state index is 12.7. The number of piperazine rings is 1. The molecule has 2 aromatic rings. The number of thioether (sulfide) groups is 1. The van der Waals surface area contributed by atoms with E-state index >= 15 is 0 Å². The Morgan fingerprint density at radius 2 is 1.73 bits per heavy atom. The summed E-state index contributed by atoms with van der Waals surface area (Å²) >= 11 is 1.68. The highest BCUT2D eigenvalue weighted by atomic mass is 32.2. The lowest BCUT2D eigenvalue weighted by Crippen LogP contribution is -2.49. The second kappa shape index (κ2) is 7.95. The van der Waals surface area contributed by atoms with E-state index in [0.29, 0.717) is 13.1 Å². The molecule has 1 fully saturated rings. The first-order valence-corrected chi connectivity index (χ1v) is 9.91. The predicted octanol–water partition coefficient (Wildman–Crippen LogP) is 2.54. The first kappa shape index (κ1) is 18.5. The quantitative estimate of drug-likeness (QED) is 0.770. The van der Waals surface area contributed by atoms with E-state index in [1.54, 1.807) is 11.8 Å². The summed E-state index contributed by atoms with van der Waals surface area (Å²) in [5.74, 6) is 1.74. The van der Waals surface area contributed by atoms with Gasteiger partial charge < -0.3 is 14.7 Å². The van der Waals surface area contributed by atoms with Crippen LogP contribution in [0.2, 0.25) is 0 Å². The summed E-state index contributed by atoms with van der Waals surface area (Å²) in [6.07, 6.45) is 2.03. The number of nitrogens with zero attached hydrogens (tertiary/aromatic N) is 5. The molecule has 1 aliphatic heterocycles. The van der Waals surface area contributed by atoms with Crippen LogP contribution in [-0.4, -0.2) is 67.3 Å². The third-order valence-electron chi connectivity index (χ3n) is 4.47. The lowest BCUT2D eigenvalue weighted by Gasteiger charge is -2.35. The van der Waals surface area contributed by atoms with Crippen LogP contribution in [-0.2, 0) is 0 Å². The maximum absolute atomic E-state index is 12.7. The van der Waals surface area contributed by atoms with Gasteiger partial charge in [-0.15, -0.1) is 11.8 Å². The monoisotopic (exact) mass is 371 g/mol. The van der Waals surface area contributed by atoms with Gasteiger partial charge in [0.25, 0.3) is 5.91 Å². The van der Waals surface area contributed by atoms with Crippen LogP contribution in [0.4, 0.5) is 11.8 Å². The Morgan fingerprint density at radius 3 is 2.31 bits per heavy atom. The molecule has 138 valence electrons. The standard InChI is InChI=1S/C19H25N5OS/c1-14-13-17(22(2)3)21-19(20-14)24-11-9-23(10-12-24)18(25)15-5-7-16(26-4)8-6-15/h5-8,13H,9-12H2,1-4H3.